The minimum Gasteiger partial charge on any atom is -0.397 e. The van der Waals surface area contributed by atoms with Crippen molar-refractivity contribution in [2.24, 2.45) is 5.41 Å². The van der Waals surface area contributed by atoms with Gasteiger partial charge in [0.05, 0.1) is 17.0 Å². The van der Waals surface area contributed by atoms with Crippen molar-refractivity contribution < 1.29 is 5.11 Å². The highest BCUT2D eigenvalue weighted by atomic mass is 16.3. The third-order valence-corrected chi connectivity index (χ3v) is 4.35. The van der Waals surface area contributed by atoms with Crippen LogP contribution in [-0.4, -0.2) is 17.3 Å². The van der Waals surface area contributed by atoms with Crippen LogP contribution in [-0.2, 0) is 0 Å². The van der Waals surface area contributed by atoms with E-state index in [0.717, 1.165) is 37.1 Å². The molecule has 1 saturated carbocycles. The van der Waals surface area contributed by atoms with E-state index in [9.17, 15) is 5.11 Å². The van der Waals surface area contributed by atoms with E-state index in [1.807, 2.05) is 25.1 Å². The van der Waals surface area contributed by atoms with E-state index < -0.39 is 5.60 Å². The molecule has 0 heterocycles. The Balaban J connectivity index is 1.97. The van der Waals surface area contributed by atoms with Gasteiger partial charge in [-0.15, -0.1) is 0 Å². The quantitative estimate of drug-likeness (QED) is 0.732. The predicted octanol–water partition coefficient (Wildman–Crippen LogP) is 3.32. The summed E-state index contributed by atoms with van der Waals surface area (Å²) in [6.45, 7) is 7.18. The first-order valence-electron chi connectivity index (χ1n) is 7.12. The summed E-state index contributed by atoms with van der Waals surface area (Å²) in [6.07, 6.45) is 3.88. The zero-order valence-corrected chi connectivity index (χ0v) is 12.3. The molecule has 3 heteroatoms. The SMILES string of the molecule is Cc1ccc(N)c(NCC2(O)CCC(C)(C)CC2)c1. The molecule has 0 aromatic heterocycles. The van der Waals surface area contributed by atoms with Crippen molar-refractivity contribution in [1.82, 2.24) is 0 Å². The molecular formula is C16H26N2O. The van der Waals surface area contributed by atoms with Crippen LogP contribution < -0.4 is 11.1 Å². The van der Waals surface area contributed by atoms with Crippen molar-refractivity contribution in [1.29, 1.82) is 0 Å². The van der Waals surface area contributed by atoms with Crippen LogP contribution in [0.3, 0.4) is 0 Å². The molecule has 106 valence electrons. The Labute approximate surface area is 116 Å². The smallest absolute Gasteiger partial charge is 0.0819 e. The van der Waals surface area contributed by atoms with Gasteiger partial charge in [-0.1, -0.05) is 19.9 Å². The van der Waals surface area contributed by atoms with E-state index in [4.69, 9.17) is 5.73 Å². The van der Waals surface area contributed by atoms with E-state index >= 15 is 0 Å². The number of rotatable bonds is 3. The third kappa shape index (κ3) is 3.63. The predicted molar refractivity (Wildman–Crippen MR) is 81.3 cm³/mol. The molecule has 3 nitrogen and oxygen atoms in total. The fourth-order valence-electron chi connectivity index (χ4n) is 2.65. The molecule has 0 unspecified atom stereocenters. The molecular weight excluding hydrogens is 236 g/mol. The Bertz CT molecular complexity index is 444. The summed E-state index contributed by atoms with van der Waals surface area (Å²) in [5, 5.41) is 13.9. The second-order valence-corrected chi connectivity index (χ2v) is 6.83. The van der Waals surface area contributed by atoms with Crippen LogP contribution in [0.1, 0.15) is 45.1 Å². The lowest BCUT2D eigenvalue weighted by Crippen LogP contribution is -2.42. The van der Waals surface area contributed by atoms with Gasteiger partial charge in [-0.3, -0.25) is 0 Å². The number of aryl methyl sites for hydroxylation is 1. The Morgan fingerprint density at radius 2 is 1.84 bits per heavy atom. The van der Waals surface area contributed by atoms with E-state index in [2.05, 4.69) is 19.2 Å². The van der Waals surface area contributed by atoms with Gasteiger partial charge in [0.15, 0.2) is 0 Å². The van der Waals surface area contributed by atoms with Gasteiger partial charge in [-0.05, 0) is 55.7 Å². The first-order chi connectivity index (χ1) is 8.80. The molecule has 4 N–H and O–H groups in total. The van der Waals surface area contributed by atoms with Crippen molar-refractivity contribution in [2.45, 2.75) is 52.1 Å². The fourth-order valence-corrected chi connectivity index (χ4v) is 2.65. The Morgan fingerprint density at radius 1 is 1.21 bits per heavy atom. The van der Waals surface area contributed by atoms with E-state index in [1.165, 1.54) is 5.56 Å². The van der Waals surface area contributed by atoms with Crippen molar-refractivity contribution in [3.63, 3.8) is 0 Å². The van der Waals surface area contributed by atoms with Gasteiger partial charge < -0.3 is 16.2 Å². The summed E-state index contributed by atoms with van der Waals surface area (Å²) in [5.74, 6) is 0. The zero-order chi connectivity index (χ0) is 14.1. The van der Waals surface area contributed by atoms with Crippen LogP contribution in [0.25, 0.3) is 0 Å². The van der Waals surface area contributed by atoms with Crippen LogP contribution in [0.5, 0.6) is 0 Å². The van der Waals surface area contributed by atoms with Gasteiger partial charge in [-0.25, -0.2) is 0 Å². The van der Waals surface area contributed by atoms with Gasteiger partial charge in [0, 0.05) is 6.54 Å². The molecule has 0 spiro atoms. The third-order valence-electron chi connectivity index (χ3n) is 4.35. The van der Waals surface area contributed by atoms with Crippen molar-refractivity contribution in [2.75, 3.05) is 17.6 Å². The Kier molecular flexibility index (Phi) is 3.77. The average molecular weight is 262 g/mol. The van der Waals surface area contributed by atoms with Gasteiger partial charge in [-0.2, -0.15) is 0 Å². The van der Waals surface area contributed by atoms with Crippen molar-refractivity contribution in [3.8, 4) is 0 Å². The number of nitrogens with one attached hydrogen (secondary N) is 1. The molecule has 0 saturated heterocycles. The summed E-state index contributed by atoms with van der Waals surface area (Å²) in [5.41, 5.74) is 8.57. The first kappa shape index (κ1) is 14.2. The maximum absolute atomic E-state index is 10.6. The summed E-state index contributed by atoms with van der Waals surface area (Å²) in [6, 6.07) is 5.94. The topological polar surface area (TPSA) is 58.3 Å². The summed E-state index contributed by atoms with van der Waals surface area (Å²) < 4.78 is 0. The maximum atomic E-state index is 10.6. The lowest BCUT2D eigenvalue weighted by molar-refractivity contribution is -0.0145. The van der Waals surface area contributed by atoms with Crippen molar-refractivity contribution >= 4 is 11.4 Å². The van der Waals surface area contributed by atoms with Gasteiger partial charge in [0.2, 0.25) is 0 Å². The van der Waals surface area contributed by atoms with Crippen LogP contribution in [0, 0.1) is 12.3 Å². The molecule has 1 fully saturated rings. The first-order valence-corrected chi connectivity index (χ1v) is 7.12. The van der Waals surface area contributed by atoms with E-state index in [-0.39, 0.29) is 0 Å². The number of nitrogens with two attached hydrogens (primary N) is 1. The van der Waals surface area contributed by atoms with E-state index in [0.29, 0.717) is 12.0 Å². The fraction of sp³-hybridized carbons (Fsp3) is 0.625. The Hall–Kier alpha value is -1.22. The second-order valence-electron chi connectivity index (χ2n) is 6.83. The maximum Gasteiger partial charge on any atom is 0.0819 e. The summed E-state index contributed by atoms with van der Waals surface area (Å²) in [7, 11) is 0. The molecule has 0 bridgehead atoms. The van der Waals surface area contributed by atoms with Crippen LogP contribution >= 0.6 is 0 Å². The van der Waals surface area contributed by atoms with Crippen LogP contribution in [0.2, 0.25) is 0 Å². The number of hydrogen-bond acceptors (Lipinski definition) is 3. The normalized spacial score (nSPS) is 21.1. The molecule has 0 radical (unpaired) electrons. The van der Waals surface area contributed by atoms with Crippen molar-refractivity contribution in [3.05, 3.63) is 23.8 Å². The Morgan fingerprint density at radius 3 is 2.47 bits per heavy atom. The number of hydrogen-bond donors (Lipinski definition) is 3. The van der Waals surface area contributed by atoms with E-state index in [1.54, 1.807) is 0 Å². The average Bonchev–Trinajstić information content (AvgIpc) is 2.35. The number of benzene rings is 1. The summed E-state index contributed by atoms with van der Waals surface area (Å²) in [4.78, 5) is 0. The minimum atomic E-state index is -0.592. The molecule has 1 aromatic rings. The minimum absolute atomic E-state index is 0.370. The van der Waals surface area contributed by atoms with Gasteiger partial charge in [0.1, 0.15) is 0 Å². The molecule has 2 rings (SSSR count). The highest BCUT2D eigenvalue weighted by Gasteiger charge is 2.36. The van der Waals surface area contributed by atoms with Crippen LogP contribution in [0.4, 0.5) is 11.4 Å². The lowest BCUT2D eigenvalue weighted by atomic mass is 9.71. The summed E-state index contributed by atoms with van der Waals surface area (Å²) >= 11 is 0. The molecule has 1 aliphatic carbocycles. The van der Waals surface area contributed by atoms with Gasteiger partial charge >= 0.3 is 0 Å². The number of anilines is 2. The highest BCUT2D eigenvalue weighted by molar-refractivity contribution is 5.67. The molecule has 1 aliphatic rings. The van der Waals surface area contributed by atoms with Crippen LogP contribution in [0.15, 0.2) is 18.2 Å². The molecule has 0 aliphatic heterocycles. The number of aliphatic hydroxyl groups is 1. The molecule has 19 heavy (non-hydrogen) atoms. The molecule has 0 atom stereocenters. The molecule has 1 aromatic carbocycles. The lowest BCUT2D eigenvalue weighted by Gasteiger charge is -2.40. The number of nitrogen functional groups attached to an aromatic ring is 1. The standard InChI is InChI=1S/C16H26N2O/c1-12-4-5-13(17)14(10-12)18-11-16(19)8-6-15(2,3)7-9-16/h4-5,10,18-19H,6-9,11,17H2,1-3H3. The highest BCUT2D eigenvalue weighted by Crippen LogP contribution is 2.40. The second kappa shape index (κ2) is 5.04. The molecule has 0 amide bonds. The van der Waals surface area contributed by atoms with Gasteiger partial charge in [0.25, 0.3) is 0 Å². The zero-order valence-electron chi connectivity index (χ0n) is 12.3. The largest absolute Gasteiger partial charge is 0.397 e. The monoisotopic (exact) mass is 262 g/mol.